The third-order valence-electron chi connectivity index (χ3n) is 7.36. The van der Waals surface area contributed by atoms with Crippen molar-refractivity contribution in [2.45, 2.75) is 26.2 Å². The minimum Gasteiger partial charge on any atom is -0.219 e. The third kappa shape index (κ3) is 2.39. The fourth-order valence-corrected chi connectivity index (χ4v) is 6.14. The monoisotopic (exact) mass is 437 g/mol. The van der Waals surface area contributed by atoms with E-state index in [4.69, 9.17) is 0 Å². The Kier molecular flexibility index (Phi) is 3.82. The molecule has 4 aromatic carbocycles. The topological polar surface area (TPSA) is 38.7 Å². The number of rotatable bonds is 1. The number of hydrogen-bond donors (Lipinski definition) is 0. The van der Waals surface area contributed by atoms with E-state index >= 15 is 0 Å². The molecule has 0 atom stereocenters. The highest BCUT2D eigenvalue weighted by Crippen LogP contribution is 2.63. The van der Waals surface area contributed by atoms with Gasteiger partial charge in [0.1, 0.15) is 11.6 Å². The third-order valence-corrected chi connectivity index (χ3v) is 7.36. The van der Waals surface area contributed by atoms with Gasteiger partial charge in [0.25, 0.3) is 0 Å². The second-order valence-corrected chi connectivity index (χ2v) is 9.40. The molecule has 3 heteroatoms. The highest BCUT2D eigenvalue weighted by molar-refractivity contribution is 5.95. The predicted molar refractivity (Wildman–Crippen MR) is 136 cm³/mol. The Morgan fingerprint density at radius 2 is 1.03 bits per heavy atom. The predicted octanol–water partition coefficient (Wildman–Crippen LogP) is 6.81. The van der Waals surface area contributed by atoms with E-state index in [9.17, 15) is 0 Å². The summed E-state index contributed by atoms with van der Waals surface area (Å²) in [5.41, 5.74) is 12.5. The molecule has 1 heterocycles. The zero-order chi connectivity index (χ0) is 23.0. The molecule has 2 aliphatic carbocycles. The van der Waals surface area contributed by atoms with Gasteiger partial charge < -0.3 is 0 Å². The van der Waals surface area contributed by atoms with E-state index in [2.05, 4.69) is 107 Å². The van der Waals surface area contributed by atoms with Crippen LogP contribution in [-0.2, 0) is 5.41 Å². The molecule has 0 N–H and O–H groups in total. The first kappa shape index (κ1) is 19.4. The van der Waals surface area contributed by atoms with Crippen LogP contribution in [0.4, 0.5) is 0 Å². The minimum atomic E-state index is -0.350. The molecule has 0 fully saturated rings. The van der Waals surface area contributed by atoms with Crippen molar-refractivity contribution < 1.29 is 0 Å². The smallest absolute Gasteiger partial charge is 0.163 e. The number of fused-ring (bicyclic) bond motifs is 10. The van der Waals surface area contributed by atoms with Gasteiger partial charge in [0.05, 0.1) is 5.41 Å². The maximum absolute atomic E-state index is 4.67. The molecule has 162 valence electrons. The summed E-state index contributed by atoms with van der Waals surface area (Å²) >= 11 is 0. The van der Waals surface area contributed by atoms with Crippen molar-refractivity contribution in [3.8, 4) is 33.6 Å². The van der Waals surface area contributed by atoms with Crippen LogP contribution < -0.4 is 0 Å². The number of nitrogens with zero attached hydrogens (tertiary/aromatic N) is 3. The van der Waals surface area contributed by atoms with Gasteiger partial charge in [0.15, 0.2) is 5.82 Å². The van der Waals surface area contributed by atoms with E-state index in [0.717, 1.165) is 23.0 Å². The van der Waals surface area contributed by atoms with Crippen molar-refractivity contribution in [1.29, 1.82) is 0 Å². The largest absolute Gasteiger partial charge is 0.219 e. The van der Waals surface area contributed by atoms with Crippen LogP contribution in [0, 0.1) is 20.8 Å². The minimum absolute atomic E-state index is 0.350. The first-order chi connectivity index (χ1) is 16.6. The number of aryl methyl sites for hydroxylation is 3. The maximum Gasteiger partial charge on any atom is 0.163 e. The molecule has 0 unspecified atom stereocenters. The Morgan fingerprint density at radius 1 is 0.500 bits per heavy atom. The lowest BCUT2D eigenvalue weighted by atomic mass is 9.70. The van der Waals surface area contributed by atoms with Crippen LogP contribution in [0.25, 0.3) is 33.6 Å². The molecule has 5 aromatic rings. The van der Waals surface area contributed by atoms with E-state index in [1.165, 1.54) is 50.1 Å². The van der Waals surface area contributed by atoms with Crippen molar-refractivity contribution in [2.75, 3.05) is 0 Å². The molecule has 0 bridgehead atoms. The number of benzene rings is 4. The van der Waals surface area contributed by atoms with Crippen molar-refractivity contribution in [3.63, 3.8) is 0 Å². The molecule has 0 saturated carbocycles. The Labute approximate surface area is 199 Å². The SMILES string of the molecule is Cc1ccc2c(c1)C1(c3ccccc3-c3ccccc31)c1cc(-c3nc(C)nc(C)n3)ccc1-2. The van der Waals surface area contributed by atoms with Gasteiger partial charge in [-0.2, -0.15) is 0 Å². The van der Waals surface area contributed by atoms with Gasteiger partial charge >= 0.3 is 0 Å². The average Bonchev–Trinajstić information content (AvgIpc) is 3.30. The molecule has 1 aromatic heterocycles. The van der Waals surface area contributed by atoms with Crippen molar-refractivity contribution in [3.05, 3.63) is 124 Å². The zero-order valence-corrected chi connectivity index (χ0v) is 19.4. The number of hydrogen-bond acceptors (Lipinski definition) is 3. The summed E-state index contributed by atoms with van der Waals surface area (Å²) in [7, 11) is 0. The quantitative estimate of drug-likeness (QED) is 0.283. The van der Waals surface area contributed by atoms with Gasteiger partial charge in [0.2, 0.25) is 0 Å². The second-order valence-electron chi connectivity index (χ2n) is 9.40. The summed E-state index contributed by atoms with van der Waals surface area (Å²) < 4.78 is 0. The Morgan fingerprint density at radius 3 is 1.68 bits per heavy atom. The Bertz CT molecular complexity index is 1580. The molecule has 0 saturated heterocycles. The molecule has 7 rings (SSSR count). The summed E-state index contributed by atoms with van der Waals surface area (Å²) in [4.78, 5) is 13.7. The molecular formula is C31H23N3. The van der Waals surface area contributed by atoms with Crippen LogP contribution in [0.5, 0.6) is 0 Å². The summed E-state index contributed by atoms with van der Waals surface area (Å²) in [5, 5.41) is 0. The van der Waals surface area contributed by atoms with Crippen LogP contribution in [0.15, 0.2) is 84.9 Å². The van der Waals surface area contributed by atoms with E-state index in [0.29, 0.717) is 0 Å². The standard InChI is InChI=1S/C31H23N3/c1-18-12-14-24-25-15-13-21(30-33-19(2)32-20(3)34-30)17-29(25)31(28(24)16-18)26-10-6-4-8-22(26)23-9-5-7-11-27(23)31/h4-17H,1-3H3. The zero-order valence-electron chi connectivity index (χ0n) is 19.4. The lowest BCUT2D eigenvalue weighted by molar-refractivity contribution is 0.792. The van der Waals surface area contributed by atoms with Crippen LogP contribution >= 0.6 is 0 Å². The molecule has 2 aliphatic rings. The van der Waals surface area contributed by atoms with E-state index < -0.39 is 0 Å². The van der Waals surface area contributed by atoms with Crippen LogP contribution in [-0.4, -0.2) is 15.0 Å². The van der Waals surface area contributed by atoms with Gasteiger partial charge in [-0.1, -0.05) is 84.4 Å². The van der Waals surface area contributed by atoms with E-state index in [-0.39, 0.29) is 5.41 Å². The lowest BCUT2D eigenvalue weighted by Crippen LogP contribution is -2.26. The van der Waals surface area contributed by atoms with Gasteiger partial charge in [0, 0.05) is 5.56 Å². The summed E-state index contributed by atoms with van der Waals surface area (Å²) in [6.07, 6.45) is 0. The first-order valence-corrected chi connectivity index (χ1v) is 11.7. The van der Waals surface area contributed by atoms with Gasteiger partial charge in [-0.05, 0) is 71.3 Å². The molecular weight excluding hydrogens is 414 g/mol. The van der Waals surface area contributed by atoms with Crippen molar-refractivity contribution >= 4 is 0 Å². The van der Waals surface area contributed by atoms with E-state index in [1.807, 2.05) is 13.8 Å². The highest BCUT2D eigenvalue weighted by atomic mass is 15.0. The van der Waals surface area contributed by atoms with Crippen molar-refractivity contribution in [1.82, 2.24) is 15.0 Å². The highest BCUT2D eigenvalue weighted by Gasteiger charge is 2.51. The molecule has 0 amide bonds. The fraction of sp³-hybridized carbons (Fsp3) is 0.129. The van der Waals surface area contributed by atoms with Crippen LogP contribution in [0.1, 0.15) is 39.5 Å². The van der Waals surface area contributed by atoms with Gasteiger partial charge in [-0.25, -0.2) is 15.0 Å². The van der Waals surface area contributed by atoms with E-state index in [1.54, 1.807) is 0 Å². The van der Waals surface area contributed by atoms with Gasteiger partial charge in [-0.3, -0.25) is 0 Å². The molecule has 3 nitrogen and oxygen atoms in total. The average molecular weight is 438 g/mol. The lowest BCUT2D eigenvalue weighted by Gasteiger charge is -2.30. The molecule has 0 radical (unpaired) electrons. The second kappa shape index (κ2) is 6.71. The molecule has 34 heavy (non-hydrogen) atoms. The summed E-state index contributed by atoms with van der Waals surface area (Å²) in [6, 6.07) is 31.4. The first-order valence-electron chi connectivity index (χ1n) is 11.7. The van der Waals surface area contributed by atoms with Crippen LogP contribution in [0.2, 0.25) is 0 Å². The number of aromatic nitrogens is 3. The Hall–Kier alpha value is -4.11. The normalized spacial score (nSPS) is 14.0. The Balaban J connectivity index is 1.62. The molecule has 1 spiro atoms. The summed E-state index contributed by atoms with van der Waals surface area (Å²) in [5.74, 6) is 2.22. The van der Waals surface area contributed by atoms with Gasteiger partial charge in [-0.15, -0.1) is 0 Å². The van der Waals surface area contributed by atoms with Crippen LogP contribution in [0.3, 0.4) is 0 Å². The maximum atomic E-state index is 4.67. The summed E-state index contributed by atoms with van der Waals surface area (Å²) in [6.45, 7) is 6.04. The fourth-order valence-electron chi connectivity index (χ4n) is 6.14. The van der Waals surface area contributed by atoms with Crippen molar-refractivity contribution in [2.24, 2.45) is 0 Å². The molecule has 0 aliphatic heterocycles.